The first kappa shape index (κ1) is 9.41. The maximum Gasteiger partial charge on any atom is 0.212 e. The molecule has 0 aliphatic carbocycles. The minimum atomic E-state index is -0.612. The van der Waals surface area contributed by atoms with E-state index < -0.39 is 11.6 Å². The second-order valence-corrected chi connectivity index (χ2v) is 4.06. The molecule has 3 nitrogen and oxygen atoms in total. The van der Waals surface area contributed by atoms with Crippen molar-refractivity contribution in [2.24, 2.45) is 0 Å². The molecule has 3 rings (SSSR count). The lowest BCUT2D eigenvalue weighted by molar-refractivity contribution is 0.584. The van der Waals surface area contributed by atoms with Gasteiger partial charge in [-0.05, 0) is 12.1 Å². The first-order valence-corrected chi connectivity index (χ1v) is 5.36. The Bertz CT molecular complexity index is 610. The lowest BCUT2D eigenvalue weighted by Crippen LogP contribution is -1.84. The van der Waals surface area contributed by atoms with Crippen LogP contribution in [0.2, 0.25) is 0 Å². The lowest BCUT2D eigenvalue weighted by atomic mass is 10.1. The van der Waals surface area contributed by atoms with Gasteiger partial charge in [0.15, 0.2) is 0 Å². The molecule has 0 aliphatic rings. The molecular formula is C10H5F2N3S. The summed E-state index contributed by atoms with van der Waals surface area (Å²) in [6.07, 6.45) is 1.64. The average Bonchev–Trinajstić information content (AvgIpc) is 2.74. The topological polar surface area (TPSA) is 30.2 Å². The number of hydrogen-bond acceptors (Lipinski definition) is 3. The number of imidazole rings is 1. The molecule has 1 aromatic carbocycles. The number of aromatic nitrogens is 3. The fourth-order valence-corrected chi connectivity index (χ4v) is 2.08. The van der Waals surface area contributed by atoms with Gasteiger partial charge in [-0.3, -0.25) is 0 Å². The van der Waals surface area contributed by atoms with Crippen molar-refractivity contribution in [1.82, 2.24) is 14.6 Å². The van der Waals surface area contributed by atoms with Gasteiger partial charge in [0.2, 0.25) is 4.96 Å². The summed E-state index contributed by atoms with van der Waals surface area (Å²) in [5, 5.41) is 3.99. The normalized spacial score (nSPS) is 11.1. The standard InChI is InChI=1S/C10H5F2N3S/c11-7-1-6(2-8(12)3-7)9-4-15-10(14-9)16-5-13-15/h1-5H. The molecule has 0 atom stereocenters. The molecule has 0 bridgehead atoms. The quantitative estimate of drug-likeness (QED) is 0.651. The number of fused-ring (bicyclic) bond motifs is 1. The van der Waals surface area contributed by atoms with E-state index in [4.69, 9.17) is 0 Å². The molecule has 0 unspecified atom stereocenters. The van der Waals surface area contributed by atoms with Gasteiger partial charge in [0, 0.05) is 11.6 Å². The zero-order valence-electron chi connectivity index (χ0n) is 7.89. The van der Waals surface area contributed by atoms with Gasteiger partial charge in [0.05, 0.1) is 11.9 Å². The Hall–Kier alpha value is -1.82. The van der Waals surface area contributed by atoms with Gasteiger partial charge in [-0.2, -0.15) is 5.10 Å². The van der Waals surface area contributed by atoms with Crippen molar-refractivity contribution in [3.8, 4) is 11.3 Å². The highest BCUT2D eigenvalue weighted by Crippen LogP contribution is 2.22. The molecule has 0 saturated heterocycles. The highest BCUT2D eigenvalue weighted by atomic mass is 32.1. The third-order valence-electron chi connectivity index (χ3n) is 2.14. The maximum absolute atomic E-state index is 13.0. The van der Waals surface area contributed by atoms with Crippen LogP contribution in [0.15, 0.2) is 29.9 Å². The molecule has 0 aliphatic heterocycles. The molecule has 16 heavy (non-hydrogen) atoms. The van der Waals surface area contributed by atoms with E-state index >= 15 is 0 Å². The van der Waals surface area contributed by atoms with Crippen LogP contribution in [0.1, 0.15) is 0 Å². The van der Waals surface area contributed by atoms with Crippen molar-refractivity contribution >= 4 is 16.3 Å². The van der Waals surface area contributed by atoms with E-state index in [1.165, 1.54) is 23.5 Å². The van der Waals surface area contributed by atoms with Gasteiger partial charge in [-0.15, -0.1) is 0 Å². The fourth-order valence-electron chi connectivity index (χ4n) is 1.48. The van der Waals surface area contributed by atoms with E-state index in [2.05, 4.69) is 10.1 Å². The van der Waals surface area contributed by atoms with Crippen LogP contribution in [0.4, 0.5) is 8.78 Å². The molecule has 2 heterocycles. The number of halogens is 2. The minimum Gasteiger partial charge on any atom is -0.217 e. The number of nitrogens with zero attached hydrogens (tertiary/aromatic N) is 3. The molecule has 0 radical (unpaired) electrons. The van der Waals surface area contributed by atoms with Crippen molar-refractivity contribution in [2.75, 3.05) is 0 Å². The average molecular weight is 237 g/mol. The van der Waals surface area contributed by atoms with Gasteiger partial charge in [-0.1, -0.05) is 11.3 Å². The predicted octanol–water partition coefficient (Wildman–Crippen LogP) is 2.74. The lowest BCUT2D eigenvalue weighted by Gasteiger charge is -1.96. The fraction of sp³-hybridized carbons (Fsp3) is 0. The van der Waals surface area contributed by atoms with Gasteiger partial charge in [0.25, 0.3) is 0 Å². The monoisotopic (exact) mass is 237 g/mol. The highest BCUT2D eigenvalue weighted by molar-refractivity contribution is 7.14. The summed E-state index contributed by atoms with van der Waals surface area (Å²) in [6.45, 7) is 0. The van der Waals surface area contributed by atoms with E-state index in [0.29, 0.717) is 16.2 Å². The van der Waals surface area contributed by atoms with E-state index in [0.717, 1.165) is 6.07 Å². The maximum atomic E-state index is 13.0. The van der Waals surface area contributed by atoms with Crippen molar-refractivity contribution in [1.29, 1.82) is 0 Å². The third-order valence-corrected chi connectivity index (χ3v) is 2.83. The largest absolute Gasteiger partial charge is 0.217 e. The summed E-state index contributed by atoms with van der Waals surface area (Å²) < 4.78 is 27.6. The molecule has 0 fully saturated rings. The summed E-state index contributed by atoms with van der Waals surface area (Å²) in [4.78, 5) is 4.90. The molecule has 3 aromatic rings. The Balaban J connectivity index is 2.18. The molecular weight excluding hydrogens is 232 g/mol. The Morgan fingerprint density at radius 2 is 1.88 bits per heavy atom. The SMILES string of the molecule is Fc1cc(F)cc(-c2cn3ncsc3n2)c1. The molecule has 6 heteroatoms. The second-order valence-electron chi connectivity index (χ2n) is 3.25. The number of hydrogen-bond donors (Lipinski definition) is 0. The van der Waals surface area contributed by atoms with E-state index in [1.807, 2.05) is 0 Å². The summed E-state index contributed by atoms with van der Waals surface area (Å²) in [5.74, 6) is -1.22. The van der Waals surface area contributed by atoms with Crippen molar-refractivity contribution in [3.05, 3.63) is 41.5 Å². The first-order valence-electron chi connectivity index (χ1n) is 4.48. The van der Waals surface area contributed by atoms with Crippen molar-refractivity contribution < 1.29 is 8.78 Å². The summed E-state index contributed by atoms with van der Waals surface area (Å²) in [5.41, 5.74) is 2.58. The van der Waals surface area contributed by atoms with Crippen LogP contribution in [0.3, 0.4) is 0 Å². The summed E-state index contributed by atoms with van der Waals surface area (Å²) in [6, 6.07) is 3.32. The zero-order chi connectivity index (χ0) is 11.1. The molecule has 0 N–H and O–H groups in total. The highest BCUT2D eigenvalue weighted by Gasteiger charge is 2.08. The van der Waals surface area contributed by atoms with E-state index in [9.17, 15) is 8.78 Å². The molecule has 0 saturated carbocycles. The number of rotatable bonds is 1. The van der Waals surface area contributed by atoms with Crippen LogP contribution in [-0.2, 0) is 0 Å². The van der Waals surface area contributed by atoms with Crippen LogP contribution in [0, 0.1) is 11.6 Å². The predicted molar refractivity (Wildman–Crippen MR) is 56.2 cm³/mol. The summed E-state index contributed by atoms with van der Waals surface area (Å²) >= 11 is 1.36. The van der Waals surface area contributed by atoms with E-state index in [-0.39, 0.29) is 0 Å². The Morgan fingerprint density at radius 3 is 2.56 bits per heavy atom. The minimum absolute atomic E-state index is 0.412. The van der Waals surface area contributed by atoms with Gasteiger partial charge in [0.1, 0.15) is 17.1 Å². The molecule has 0 spiro atoms. The zero-order valence-corrected chi connectivity index (χ0v) is 8.71. The van der Waals surface area contributed by atoms with Gasteiger partial charge < -0.3 is 0 Å². The summed E-state index contributed by atoms with van der Waals surface area (Å²) in [7, 11) is 0. The van der Waals surface area contributed by atoms with Gasteiger partial charge >= 0.3 is 0 Å². The van der Waals surface area contributed by atoms with E-state index in [1.54, 1.807) is 16.2 Å². The number of benzene rings is 1. The molecule has 80 valence electrons. The second kappa shape index (κ2) is 3.34. The Labute approximate surface area is 93.0 Å². The Kier molecular flexibility index (Phi) is 1.97. The van der Waals surface area contributed by atoms with Crippen LogP contribution in [-0.4, -0.2) is 14.6 Å². The van der Waals surface area contributed by atoms with Crippen molar-refractivity contribution in [2.45, 2.75) is 0 Å². The molecule has 2 aromatic heterocycles. The van der Waals surface area contributed by atoms with Crippen LogP contribution >= 0.6 is 11.3 Å². The van der Waals surface area contributed by atoms with Gasteiger partial charge in [-0.25, -0.2) is 18.3 Å². The van der Waals surface area contributed by atoms with Crippen LogP contribution in [0.25, 0.3) is 16.2 Å². The Morgan fingerprint density at radius 1 is 1.12 bits per heavy atom. The van der Waals surface area contributed by atoms with Crippen LogP contribution in [0.5, 0.6) is 0 Å². The first-order chi connectivity index (χ1) is 7.72. The van der Waals surface area contributed by atoms with Crippen molar-refractivity contribution in [3.63, 3.8) is 0 Å². The third kappa shape index (κ3) is 1.47. The molecule has 0 amide bonds. The van der Waals surface area contributed by atoms with Crippen LogP contribution < -0.4 is 0 Å². The smallest absolute Gasteiger partial charge is 0.212 e.